The van der Waals surface area contributed by atoms with Crippen molar-refractivity contribution in [1.29, 1.82) is 0 Å². The third-order valence-corrected chi connectivity index (χ3v) is 4.74. The molecule has 138 valence electrons. The fourth-order valence-corrected chi connectivity index (χ4v) is 3.38. The summed E-state index contributed by atoms with van der Waals surface area (Å²) in [5, 5.41) is 0. The molecular formula is C21H25NO4. The van der Waals surface area contributed by atoms with Gasteiger partial charge in [0.2, 0.25) is 0 Å². The molecule has 1 aliphatic heterocycles. The van der Waals surface area contributed by atoms with Crippen LogP contribution in [0.3, 0.4) is 0 Å². The zero-order valence-electron chi connectivity index (χ0n) is 15.3. The average Bonchev–Trinajstić information content (AvgIpc) is 2.72. The Morgan fingerprint density at radius 3 is 2.62 bits per heavy atom. The van der Waals surface area contributed by atoms with Crippen molar-refractivity contribution >= 4 is 6.09 Å². The minimum absolute atomic E-state index is 0.0722. The molecule has 0 bridgehead atoms. The quantitative estimate of drug-likeness (QED) is 0.788. The van der Waals surface area contributed by atoms with Crippen LogP contribution in [0.5, 0.6) is 11.5 Å². The normalized spacial score (nSPS) is 16.8. The standard InChI is InChI=1S/C21H25NO4/c1-24-17-11-12-20(25-2)18(14-17)19-10-6-7-13-22(19)21(23)26-15-16-8-4-3-5-9-16/h3-5,8-9,11-12,14,19H,6-7,10,13,15H2,1-2H3/t19-/m1/s1. The number of ether oxygens (including phenoxy) is 3. The molecule has 0 N–H and O–H groups in total. The number of rotatable bonds is 5. The zero-order chi connectivity index (χ0) is 18.4. The van der Waals surface area contributed by atoms with Gasteiger partial charge in [0.05, 0.1) is 20.3 Å². The van der Waals surface area contributed by atoms with E-state index in [0.29, 0.717) is 6.54 Å². The van der Waals surface area contributed by atoms with Gasteiger partial charge in [-0.3, -0.25) is 0 Å². The first kappa shape index (κ1) is 18.1. The first-order valence-electron chi connectivity index (χ1n) is 8.92. The van der Waals surface area contributed by atoms with Crippen molar-refractivity contribution < 1.29 is 19.0 Å². The van der Waals surface area contributed by atoms with Crippen LogP contribution in [0, 0.1) is 0 Å². The van der Waals surface area contributed by atoms with Gasteiger partial charge in [0, 0.05) is 12.1 Å². The van der Waals surface area contributed by atoms with Crippen LogP contribution in [0.4, 0.5) is 4.79 Å². The monoisotopic (exact) mass is 355 g/mol. The minimum Gasteiger partial charge on any atom is -0.497 e. The first-order valence-corrected chi connectivity index (χ1v) is 8.92. The molecule has 5 nitrogen and oxygen atoms in total. The van der Waals surface area contributed by atoms with Crippen molar-refractivity contribution in [2.45, 2.75) is 31.9 Å². The smallest absolute Gasteiger partial charge is 0.410 e. The van der Waals surface area contributed by atoms with E-state index in [1.165, 1.54) is 0 Å². The number of likely N-dealkylation sites (tertiary alicyclic amines) is 1. The lowest BCUT2D eigenvalue weighted by molar-refractivity contribution is 0.0673. The van der Waals surface area contributed by atoms with Crippen LogP contribution in [-0.4, -0.2) is 31.8 Å². The number of hydrogen-bond acceptors (Lipinski definition) is 4. The predicted octanol–water partition coefficient (Wildman–Crippen LogP) is 4.57. The van der Waals surface area contributed by atoms with E-state index in [1.807, 2.05) is 53.4 Å². The molecule has 1 fully saturated rings. The van der Waals surface area contributed by atoms with Crippen molar-refractivity contribution in [2.75, 3.05) is 20.8 Å². The molecule has 0 spiro atoms. The van der Waals surface area contributed by atoms with Crippen molar-refractivity contribution in [3.8, 4) is 11.5 Å². The lowest BCUT2D eigenvalue weighted by Gasteiger charge is -2.35. The fourth-order valence-electron chi connectivity index (χ4n) is 3.38. The molecule has 2 aromatic carbocycles. The van der Waals surface area contributed by atoms with Crippen LogP contribution in [0.2, 0.25) is 0 Å². The molecule has 1 atom stereocenters. The number of methoxy groups -OCH3 is 2. The molecular weight excluding hydrogens is 330 g/mol. The van der Waals surface area contributed by atoms with Crippen molar-refractivity contribution in [3.63, 3.8) is 0 Å². The Morgan fingerprint density at radius 2 is 1.88 bits per heavy atom. The number of amides is 1. The highest BCUT2D eigenvalue weighted by Crippen LogP contribution is 2.38. The lowest BCUT2D eigenvalue weighted by Crippen LogP contribution is -2.39. The van der Waals surface area contributed by atoms with Gasteiger partial charge in [-0.25, -0.2) is 4.79 Å². The van der Waals surface area contributed by atoms with Gasteiger partial charge in [-0.1, -0.05) is 30.3 Å². The van der Waals surface area contributed by atoms with E-state index in [9.17, 15) is 4.79 Å². The molecule has 0 saturated carbocycles. The number of benzene rings is 2. The van der Waals surface area contributed by atoms with Crippen LogP contribution in [0.15, 0.2) is 48.5 Å². The summed E-state index contributed by atoms with van der Waals surface area (Å²) < 4.78 is 16.4. The van der Waals surface area contributed by atoms with E-state index in [0.717, 1.165) is 41.9 Å². The third kappa shape index (κ3) is 4.10. The van der Waals surface area contributed by atoms with Crippen molar-refractivity contribution in [2.24, 2.45) is 0 Å². The zero-order valence-corrected chi connectivity index (χ0v) is 15.3. The number of carbonyl (C=O) groups is 1. The van der Waals surface area contributed by atoms with Crippen LogP contribution >= 0.6 is 0 Å². The Bertz CT molecular complexity index is 732. The van der Waals surface area contributed by atoms with E-state index in [-0.39, 0.29) is 18.7 Å². The Morgan fingerprint density at radius 1 is 1.08 bits per heavy atom. The number of hydrogen-bond donors (Lipinski definition) is 0. The van der Waals surface area contributed by atoms with E-state index in [4.69, 9.17) is 14.2 Å². The first-order chi connectivity index (χ1) is 12.7. The van der Waals surface area contributed by atoms with Crippen LogP contribution in [0.1, 0.15) is 36.4 Å². The van der Waals surface area contributed by atoms with Crippen LogP contribution in [0.25, 0.3) is 0 Å². The molecule has 0 aliphatic carbocycles. The second-order valence-electron chi connectivity index (χ2n) is 6.35. The van der Waals surface area contributed by atoms with Gasteiger partial charge < -0.3 is 19.1 Å². The summed E-state index contributed by atoms with van der Waals surface area (Å²) in [7, 11) is 3.28. The van der Waals surface area contributed by atoms with E-state index in [2.05, 4.69) is 0 Å². The molecule has 1 heterocycles. The highest BCUT2D eigenvalue weighted by molar-refractivity contribution is 5.69. The largest absolute Gasteiger partial charge is 0.497 e. The lowest BCUT2D eigenvalue weighted by atomic mass is 9.94. The van der Waals surface area contributed by atoms with Gasteiger partial charge in [-0.2, -0.15) is 0 Å². The summed E-state index contributed by atoms with van der Waals surface area (Å²) in [5.74, 6) is 1.52. The van der Waals surface area contributed by atoms with E-state index >= 15 is 0 Å². The molecule has 0 radical (unpaired) electrons. The summed E-state index contributed by atoms with van der Waals surface area (Å²) in [6.07, 6.45) is 2.63. The highest BCUT2D eigenvalue weighted by atomic mass is 16.6. The molecule has 2 aromatic rings. The Kier molecular flexibility index (Phi) is 6.00. The molecule has 0 unspecified atom stereocenters. The maximum atomic E-state index is 12.7. The van der Waals surface area contributed by atoms with Gasteiger partial charge in [0.1, 0.15) is 18.1 Å². The summed E-state index contributed by atoms with van der Waals surface area (Å²) in [6, 6.07) is 15.4. The average molecular weight is 355 g/mol. The van der Waals surface area contributed by atoms with Crippen molar-refractivity contribution in [3.05, 3.63) is 59.7 Å². The molecule has 1 amide bonds. The SMILES string of the molecule is COc1ccc(OC)c([C@H]2CCCCN2C(=O)OCc2ccccc2)c1. The maximum Gasteiger partial charge on any atom is 0.410 e. The number of carbonyl (C=O) groups excluding carboxylic acids is 1. The van der Waals surface area contributed by atoms with Crippen LogP contribution in [-0.2, 0) is 11.3 Å². The molecule has 1 saturated heterocycles. The Balaban J connectivity index is 1.78. The molecule has 5 heteroatoms. The third-order valence-electron chi connectivity index (χ3n) is 4.74. The molecule has 1 aliphatic rings. The van der Waals surface area contributed by atoms with Gasteiger partial charge in [-0.05, 0) is 43.0 Å². The topological polar surface area (TPSA) is 48.0 Å². The van der Waals surface area contributed by atoms with Gasteiger partial charge in [0.15, 0.2) is 0 Å². The van der Waals surface area contributed by atoms with Crippen molar-refractivity contribution in [1.82, 2.24) is 4.90 Å². The number of piperidine rings is 1. The summed E-state index contributed by atoms with van der Waals surface area (Å²) in [5.41, 5.74) is 1.94. The van der Waals surface area contributed by atoms with E-state index in [1.54, 1.807) is 14.2 Å². The van der Waals surface area contributed by atoms with Crippen LogP contribution < -0.4 is 9.47 Å². The summed E-state index contributed by atoms with van der Waals surface area (Å²) in [4.78, 5) is 14.6. The van der Waals surface area contributed by atoms with Gasteiger partial charge in [-0.15, -0.1) is 0 Å². The summed E-state index contributed by atoms with van der Waals surface area (Å²) >= 11 is 0. The highest BCUT2D eigenvalue weighted by Gasteiger charge is 2.31. The van der Waals surface area contributed by atoms with Gasteiger partial charge in [0.25, 0.3) is 0 Å². The molecule has 3 rings (SSSR count). The van der Waals surface area contributed by atoms with Gasteiger partial charge >= 0.3 is 6.09 Å². The Labute approximate surface area is 154 Å². The Hall–Kier alpha value is -2.69. The van der Waals surface area contributed by atoms with E-state index < -0.39 is 0 Å². The second kappa shape index (κ2) is 8.61. The molecule has 0 aromatic heterocycles. The fraction of sp³-hybridized carbons (Fsp3) is 0.381. The number of nitrogens with zero attached hydrogens (tertiary/aromatic N) is 1. The maximum absolute atomic E-state index is 12.7. The predicted molar refractivity (Wildman–Crippen MR) is 99.5 cm³/mol. The minimum atomic E-state index is -0.288. The molecule has 26 heavy (non-hydrogen) atoms. The summed E-state index contributed by atoms with van der Waals surface area (Å²) in [6.45, 7) is 0.955. The second-order valence-corrected chi connectivity index (χ2v) is 6.35.